The number of nitrogens with one attached hydrogen (secondary N) is 1. The van der Waals surface area contributed by atoms with Crippen LogP contribution in [0.3, 0.4) is 0 Å². The fraction of sp³-hybridized carbons (Fsp3) is 0.643. The van der Waals surface area contributed by atoms with Gasteiger partial charge in [0, 0.05) is 18.9 Å². The number of hydrogen-bond donors (Lipinski definition) is 1. The number of imidazole rings is 1. The summed E-state index contributed by atoms with van der Waals surface area (Å²) in [6, 6.07) is 0. The Kier molecular flexibility index (Phi) is 6.63. The lowest BCUT2D eigenvalue weighted by molar-refractivity contribution is 0.557. The van der Waals surface area contributed by atoms with Gasteiger partial charge in [-0.3, -0.25) is 0 Å². The minimum absolute atomic E-state index is 0.724. The maximum Gasteiger partial charge on any atom is 0.132 e. The number of aryl methyl sites for hydroxylation is 1. The molecule has 0 unspecified atom stereocenters. The van der Waals surface area contributed by atoms with Gasteiger partial charge in [0.25, 0.3) is 0 Å². The number of aromatic nitrogens is 2. The van der Waals surface area contributed by atoms with E-state index in [1.54, 1.807) is 0 Å². The van der Waals surface area contributed by atoms with Crippen molar-refractivity contribution in [1.29, 1.82) is 0 Å². The molecule has 3 heteroatoms. The van der Waals surface area contributed by atoms with E-state index in [-0.39, 0.29) is 0 Å². The predicted molar refractivity (Wildman–Crippen MR) is 73.9 cm³/mol. The largest absolute Gasteiger partial charge is 0.332 e. The van der Waals surface area contributed by atoms with Gasteiger partial charge in [-0.15, -0.1) is 0 Å². The first kappa shape index (κ1) is 14.0. The molecule has 0 atom stereocenters. The highest BCUT2D eigenvalue weighted by molar-refractivity contribution is 5.40. The third-order valence-electron chi connectivity index (χ3n) is 2.52. The Hall–Kier alpha value is -1.09. The molecular formula is C14H25N3. The lowest BCUT2D eigenvalue weighted by Gasteiger charge is -2.05. The minimum atomic E-state index is 0.724. The van der Waals surface area contributed by atoms with Crippen molar-refractivity contribution in [3.63, 3.8) is 0 Å². The zero-order chi connectivity index (χ0) is 12.5. The monoisotopic (exact) mass is 235 g/mol. The molecule has 1 aromatic heterocycles. The Morgan fingerprint density at radius 3 is 3.00 bits per heavy atom. The van der Waals surface area contributed by atoms with Crippen LogP contribution >= 0.6 is 0 Å². The Morgan fingerprint density at radius 2 is 2.29 bits per heavy atom. The zero-order valence-corrected chi connectivity index (χ0v) is 11.3. The van der Waals surface area contributed by atoms with E-state index >= 15 is 0 Å². The highest BCUT2D eigenvalue weighted by Crippen LogP contribution is 2.02. The van der Waals surface area contributed by atoms with E-state index in [1.165, 1.54) is 0 Å². The summed E-state index contributed by atoms with van der Waals surface area (Å²) in [5, 5.41) is 3.43. The van der Waals surface area contributed by atoms with E-state index in [9.17, 15) is 0 Å². The Balaban J connectivity index is 2.25. The first-order valence-electron chi connectivity index (χ1n) is 6.62. The van der Waals surface area contributed by atoms with Crippen molar-refractivity contribution in [3.8, 4) is 0 Å². The SMILES string of the molecule is CCCn1ccnc1C=CCCNCC(C)C. The Labute approximate surface area is 105 Å². The average molecular weight is 235 g/mol. The minimum Gasteiger partial charge on any atom is -0.332 e. The van der Waals surface area contributed by atoms with E-state index in [0.717, 1.165) is 44.2 Å². The van der Waals surface area contributed by atoms with Crippen LogP contribution < -0.4 is 5.32 Å². The van der Waals surface area contributed by atoms with Crippen LogP contribution in [0.25, 0.3) is 6.08 Å². The molecule has 0 spiro atoms. The van der Waals surface area contributed by atoms with Crippen LogP contribution in [-0.4, -0.2) is 22.6 Å². The van der Waals surface area contributed by atoms with Gasteiger partial charge in [0.05, 0.1) is 0 Å². The molecule has 1 heterocycles. The van der Waals surface area contributed by atoms with E-state index in [2.05, 4.69) is 47.8 Å². The highest BCUT2D eigenvalue weighted by atomic mass is 15.0. The van der Waals surface area contributed by atoms with Gasteiger partial charge >= 0.3 is 0 Å². The molecule has 0 bridgehead atoms. The van der Waals surface area contributed by atoms with Gasteiger partial charge in [-0.1, -0.05) is 26.8 Å². The van der Waals surface area contributed by atoms with Crippen LogP contribution in [-0.2, 0) is 6.54 Å². The third kappa shape index (κ3) is 5.68. The standard InChI is InChI=1S/C14H25N3/c1-4-10-17-11-9-16-14(17)7-5-6-8-15-12-13(2)3/h5,7,9,11,13,15H,4,6,8,10,12H2,1-3H3. The fourth-order valence-corrected chi connectivity index (χ4v) is 1.67. The quantitative estimate of drug-likeness (QED) is 0.702. The molecule has 0 aliphatic carbocycles. The number of rotatable bonds is 8. The Bertz CT molecular complexity index is 326. The molecular weight excluding hydrogens is 210 g/mol. The molecule has 0 fully saturated rings. The summed E-state index contributed by atoms with van der Waals surface area (Å²) in [7, 11) is 0. The second-order valence-corrected chi connectivity index (χ2v) is 4.77. The van der Waals surface area contributed by atoms with Gasteiger partial charge in [0.2, 0.25) is 0 Å². The third-order valence-corrected chi connectivity index (χ3v) is 2.52. The molecule has 0 aliphatic rings. The molecule has 0 saturated heterocycles. The van der Waals surface area contributed by atoms with E-state index in [4.69, 9.17) is 0 Å². The van der Waals surface area contributed by atoms with E-state index in [0.29, 0.717) is 0 Å². The van der Waals surface area contributed by atoms with Gasteiger partial charge in [0.15, 0.2) is 0 Å². The first-order chi connectivity index (χ1) is 8.24. The van der Waals surface area contributed by atoms with Crippen LogP contribution in [0.1, 0.15) is 39.4 Å². The van der Waals surface area contributed by atoms with Crippen LogP contribution in [0.2, 0.25) is 0 Å². The smallest absolute Gasteiger partial charge is 0.132 e. The van der Waals surface area contributed by atoms with E-state index < -0.39 is 0 Å². The zero-order valence-electron chi connectivity index (χ0n) is 11.3. The van der Waals surface area contributed by atoms with Crippen LogP contribution in [0.4, 0.5) is 0 Å². The van der Waals surface area contributed by atoms with Gasteiger partial charge in [0.1, 0.15) is 5.82 Å². The van der Waals surface area contributed by atoms with Crippen molar-refractivity contribution in [2.75, 3.05) is 13.1 Å². The van der Waals surface area contributed by atoms with Crippen molar-refractivity contribution in [1.82, 2.24) is 14.9 Å². The summed E-state index contributed by atoms with van der Waals surface area (Å²) in [5.74, 6) is 1.79. The van der Waals surface area contributed by atoms with Gasteiger partial charge in [-0.05, 0) is 37.9 Å². The predicted octanol–water partition coefficient (Wildman–Crippen LogP) is 2.94. The highest BCUT2D eigenvalue weighted by Gasteiger charge is 1.96. The number of hydrogen-bond acceptors (Lipinski definition) is 2. The maximum atomic E-state index is 4.34. The van der Waals surface area contributed by atoms with Crippen molar-refractivity contribution >= 4 is 6.08 Å². The molecule has 1 rings (SSSR count). The molecule has 0 aromatic carbocycles. The molecule has 0 aliphatic heterocycles. The first-order valence-corrected chi connectivity index (χ1v) is 6.62. The van der Waals surface area contributed by atoms with Crippen LogP contribution in [0, 0.1) is 5.92 Å². The van der Waals surface area contributed by atoms with Gasteiger partial charge < -0.3 is 9.88 Å². The van der Waals surface area contributed by atoms with Crippen LogP contribution in [0.15, 0.2) is 18.5 Å². The molecule has 0 saturated carbocycles. The van der Waals surface area contributed by atoms with Gasteiger partial charge in [-0.2, -0.15) is 0 Å². The van der Waals surface area contributed by atoms with E-state index in [1.807, 2.05) is 12.4 Å². The van der Waals surface area contributed by atoms with Crippen LogP contribution in [0.5, 0.6) is 0 Å². The topological polar surface area (TPSA) is 29.9 Å². The molecule has 0 radical (unpaired) electrons. The normalized spacial score (nSPS) is 11.8. The second kappa shape index (κ2) is 8.07. The van der Waals surface area contributed by atoms with Crippen molar-refractivity contribution in [2.45, 2.75) is 40.2 Å². The van der Waals surface area contributed by atoms with Crippen molar-refractivity contribution in [2.24, 2.45) is 5.92 Å². The Morgan fingerprint density at radius 1 is 1.47 bits per heavy atom. The molecule has 3 nitrogen and oxygen atoms in total. The summed E-state index contributed by atoms with van der Waals surface area (Å²) in [6.45, 7) is 9.82. The molecule has 1 N–H and O–H groups in total. The summed E-state index contributed by atoms with van der Waals surface area (Å²) >= 11 is 0. The second-order valence-electron chi connectivity index (χ2n) is 4.77. The molecule has 96 valence electrons. The summed E-state index contributed by atoms with van der Waals surface area (Å²) < 4.78 is 2.19. The molecule has 17 heavy (non-hydrogen) atoms. The summed E-state index contributed by atoms with van der Waals surface area (Å²) in [6.07, 6.45) is 10.4. The summed E-state index contributed by atoms with van der Waals surface area (Å²) in [5.41, 5.74) is 0. The molecule has 1 aromatic rings. The lowest BCUT2D eigenvalue weighted by atomic mass is 10.2. The average Bonchev–Trinajstić information content (AvgIpc) is 2.71. The lowest BCUT2D eigenvalue weighted by Crippen LogP contribution is -2.20. The van der Waals surface area contributed by atoms with Gasteiger partial charge in [-0.25, -0.2) is 4.98 Å². The van der Waals surface area contributed by atoms with Crippen molar-refractivity contribution < 1.29 is 0 Å². The summed E-state index contributed by atoms with van der Waals surface area (Å²) in [4.78, 5) is 4.34. The number of nitrogens with zero attached hydrogens (tertiary/aromatic N) is 2. The van der Waals surface area contributed by atoms with Crippen molar-refractivity contribution in [3.05, 3.63) is 24.3 Å². The molecule has 0 amide bonds. The fourth-order valence-electron chi connectivity index (χ4n) is 1.67. The maximum absolute atomic E-state index is 4.34.